The van der Waals surface area contributed by atoms with Crippen LogP contribution in [-0.2, 0) is 13.2 Å². The molecule has 0 saturated carbocycles. The van der Waals surface area contributed by atoms with Gasteiger partial charge in [-0.05, 0) is 49.9 Å². The van der Waals surface area contributed by atoms with E-state index in [-0.39, 0.29) is 18.4 Å². The zero-order chi connectivity index (χ0) is 24.6. The zero-order valence-electron chi connectivity index (χ0n) is 19.9. The molecular weight excluding hydrogens is 483 g/mol. The molecule has 4 rings (SSSR count). The largest absolute Gasteiger partial charge is 0.435 e. The number of hydrogen-bond acceptors (Lipinski definition) is 6. The lowest BCUT2D eigenvalue weighted by Gasteiger charge is -2.37. The number of anilines is 1. The second kappa shape index (κ2) is 10.2. The van der Waals surface area contributed by atoms with Gasteiger partial charge in [-0.1, -0.05) is 0 Å². The van der Waals surface area contributed by atoms with Gasteiger partial charge >= 0.3 is 6.18 Å². The Kier molecular flexibility index (Phi) is 7.68. The van der Waals surface area contributed by atoms with Gasteiger partial charge in [-0.2, -0.15) is 18.3 Å². The van der Waals surface area contributed by atoms with E-state index in [1.54, 1.807) is 19.4 Å². The Bertz CT molecular complexity index is 1190. The third kappa shape index (κ3) is 5.24. The van der Waals surface area contributed by atoms with Crippen molar-refractivity contribution in [3.63, 3.8) is 0 Å². The average Bonchev–Trinajstić information content (AvgIpc) is 3.23. The Morgan fingerprint density at radius 3 is 2.31 bits per heavy atom. The number of carbonyl (C=O) groups is 1. The summed E-state index contributed by atoms with van der Waals surface area (Å²) in [4.78, 5) is 20.4. The van der Waals surface area contributed by atoms with E-state index in [4.69, 9.17) is 0 Å². The van der Waals surface area contributed by atoms with Crippen LogP contribution in [0.15, 0.2) is 30.7 Å². The van der Waals surface area contributed by atoms with Crippen LogP contribution in [0.1, 0.15) is 40.0 Å². The molecule has 4 heterocycles. The summed E-state index contributed by atoms with van der Waals surface area (Å²) >= 11 is 0. The number of hydrogen-bond donors (Lipinski definition) is 0. The Balaban J connectivity index is 0.00000342. The number of rotatable bonds is 4. The number of amides is 1. The van der Waals surface area contributed by atoms with Crippen molar-refractivity contribution in [3.05, 3.63) is 53.1 Å². The molecule has 0 aliphatic carbocycles. The number of carbonyl (C=O) groups excluding carboxylic acids is 1. The van der Waals surface area contributed by atoms with Crippen molar-refractivity contribution in [2.75, 3.05) is 25.0 Å². The van der Waals surface area contributed by atoms with E-state index in [0.29, 0.717) is 25.9 Å². The molecule has 3 aromatic rings. The molecule has 1 saturated heterocycles. The summed E-state index contributed by atoms with van der Waals surface area (Å²) < 4.78 is 40.9. The lowest BCUT2D eigenvalue weighted by molar-refractivity contribution is -0.141. The molecule has 0 spiro atoms. The van der Waals surface area contributed by atoms with Crippen molar-refractivity contribution in [2.24, 2.45) is 7.05 Å². The minimum atomic E-state index is -4.69. The lowest BCUT2D eigenvalue weighted by atomic mass is 10.0. The summed E-state index contributed by atoms with van der Waals surface area (Å²) in [7, 11) is 2.92. The van der Waals surface area contributed by atoms with E-state index in [9.17, 15) is 18.0 Å². The average molecular weight is 510 g/mol. The number of aromatic nitrogens is 5. The van der Waals surface area contributed by atoms with Crippen molar-refractivity contribution < 1.29 is 18.0 Å². The van der Waals surface area contributed by atoms with E-state index in [1.807, 2.05) is 26.0 Å². The molecule has 3 aromatic heterocycles. The first-order chi connectivity index (χ1) is 16.1. The molecule has 0 N–H and O–H groups in total. The Hall–Kier alpha value is -3.21. The monoisotopic (exact) mass is 509 g/mol. The van der Waals surface area contributed by atoms with Gasteiger partial charge in [-0.25, -0.2) is 0 Å². The number of piperidine rings is 1. The van der Waals surface area contributed by atoms with Gasteiger partial charge in [0.15, 0.2) is 11.5 Å². The van der Waals surface area contributed by atoms with Crippen LogP contribution in [-0.4, -0.2) is 61.9 Å². The van der Waals surface area contributed by atoms with Crippen molar-refractivity contribution in [1.82, 2.24) is 29.9 Å². The molecule has 188 valence electrons. The predicted octanol–water partition coefficient (Wildman–Crippen LogP) is 4.07. The molecule has 35 heavy (non-hydrogen) atoms. The Labute approximate surface area is 207 Å². The molecule has 1 aliphatic heterocycles. The van der Waals surface area contributed by atoms with E-state index >= 15 is 0 Å². The van der Waals surface area contributed by atoms with Crippen LogP contribution in [0.5, 0.6) is 0 Å². The topological polar surface area (TPSA) is 80.0 Å². The van der Waals surface area contributed by atoms with Crippen LogP contribution in [0, 0.1) is 13.8 Å². The molecule has 0 unspecified atom stereocenters. The SMILES string of the molecule is Cc1c(-c2ccncc2)nnc(N2CCC(N(C)C(=O)c3cn(C)nc3C(F)(F)F)CC2)c1C.Cl. The molecule has 1 amide bonds. The maximum atomic E-state index is 13.3. The van der Waals surface area contributed by atoms with Crippen molar-refractivity contribution >= 4 is 24.1 Å². The minimum Gasteiger partial charge on any atom is -0.355 e. The highest BCUT2D eigenvalue weighted by Crippen LogP contribution is 2.33. The van der Waals surface area contributed by atoms with Gasteiger partial charge in [-0.3, -0.25) is 14.5 Å². The van der Waals surface area contributed by atoms with E-state index in [1.165, 1.54) is 11.9 Å². The molecule has 8 nitrogen and oxygen atoms in total. The first kappa shape index (κ1) is 26.4. The van der Waals surface area contributed by atoms with Crippen LogP contribution < -0.4 is 4.90 Å². The molecule has 0 aromatic carbocycles. The number of aryl methyl sites for hydroxylation is 1. The van der Waals surface area contributed by atoms with Gasteiger partial charge in [0, 0.05) is 57.4 Å². The first-order valence-corrected chi connectivity index (χ1v) is 10.9. The van der Waals surface area contributed by atoms with Crippen LogP contribution in [0.2, 0.25) is 0 Å². The maximum absolute atomic E-state index is 13.3. The summed E-state index contributed by atoms with van der Waals surface area (Å²) in [6.45, 7) is 5.25. The summed E-state index contributed by atoms with van der Waals surface area (Å²) in [5.41, 5.74) is 2.23. The number of halogens is 4. The van der Waals surface area contributed by atoms with Crippen LogP contribution >= 0.6 is 12.4 Å². The molecular formula is C23H27ClF3N7O. The lowest BCUT2D eigenvalue weighted by Crippen LogP contribution is -2.46. The van der Waals surface area contributed by atoms with Gasteiger partial charge in [0.1, 0.15) is 0 Å². The first-order valence-electron chi connectivity index (χ1n) is 10.9. The molecule has 1 fully saturated rings. The fourth-order valence-corrected chi connectivity index (χ4v) is 4.35. The third-order valence-corrected chi connectivity index (χ3v) is 6.41. The van der Waals surface area contributed by atoms with Gasteiger partial charge in [0.2, 0.25) is 0 Å². The smallest absolute Gasteiger partial charge is 0.355 e. The summed E-state index contributed by atoms with van der Waals surface area (Å²) in [5, 5.41) is 12.4. The quantitative estimate of drug-likeness (QED) is 0.527. The van der Waals surface area contributed by atoms with E-state index in [0.717, 1.165) is 39.1 Å². The van der Waals surface area contributed by atoms with Crippen LogP contribution in [0.4, 0.5) is 19.0 Å². The highest BCUT2D eigenvalue weighted by Gasteiger charge is 2.40. The molecule has 0 atom stereocenters. The highest BCUT2D eigenvalue weighted by atomic mass is 35.5. The van der Waals surface area contributed by atoms with Crippen molar-refractivity contribution in [3.8, 4) is 11.3 Å². The summed E-state index contributed by atoms with van der Waals surface area (Å²) in [6.07, 6.45) is 1.08. The molecule has 12 heteroatoms. The number of pyridine rings is 1. The third-order valence-electron chi connectivity index (χ3n) is 6.41. The van der Waals surface area contributed by atoms with Crippen LogP contribution in [0.25, 0.3) is 11.3 Å². The molecule has 0 radical (unpaired) electrons. The summed E-state index contributed by atoms with van der Waals surface area (Å²) in [6, 6.07) is 3.59. The van der Waals surface area contributed by atoms with Gasteiger partial charge in [-0.15, -0.1) is 22.6 Å². The molecule has 1 aliphatic rings. The maximum Gasteiger partial charge on any atom is 0.435 e. The predicted molar refractivity (Wildman–Crippen MR) is 128 cm³/mol. The Morgan fingerprint density at radius 1 is 1.09 bits per heavy atom. The Morgan fingerprint density at radius 2 is 1.71 bits per heavy atom. The van der Waals surface area contributed by atoms with Crippen LogP contribution in [0.3, 0.4) is 0 Å². The van der Waals surface area contributed by atoms with E-state index < -0.39 is 23.3 Å². The molecule has 0 bridgehead atoms. The van der Waals surface area contributed by atoms with Gasteiger partial charge in [0.25, 0.3) is 5.91 Å². The van der Waals surface area contributed by atoms with Gasteiger partial charge < -0.3 is 9.80 Å². The minimum absolute atomic E-state index is 0. The fraction of sp³-hybridized carbons (Fsp3) is 0.435. The summed E-state index contributed by atoms with van der Waals surface area (Å²) in [5.74, 6) is 0.113. The number of nitrogens with zero attached hydrogens (tertiary/aromatic N) is 7. The normalized spacial score (nSPS) is 14.5. The second-order valence-corrected chi connectivity index (χ2v) is 8.56. The highest BCUT2D eigenvalue weighted by molar-refractivity contribution is 5.95. The van der Waals surface area contributed by atoms with Crippen molar-refractivity contribution in [2.45, 2.75) is 38.9 Å². The second-order valence-electron chi connectivity index (χ2n) is 8.56. The standard InChI is InChI=1S/C23H26F3N7O.ClH/c1-14-15(2)21(29-28-19(14)16-5-9-27-10-6-16)33-11-7-17(8-12-33)32(4)22(34)18-13-31(3)30-20(18)23(24,25)26;/h5-6,9-10,13,17H,7-8,11-12H2,1-4H3;1H. The van der Waals surface area contributed by atoms with Gasteiger partial charge in [0.05, 0.1) is 11.3 Å². The van der Waals surface area contributed by atoms with E-state index in [2.05, 4.69) is 25.2 Å². The van der Waals surface area contributed by atoms with Crippen molar-refractivity contribution in [1.29, 1.82) is 0 Å². The number of alkyl halides is 3. The zero-order valence-corrected chi connectivity index (χ0v) is 20.7. The fourth-order valence-electron chi connectivity index (χ4n) is 4.35.